The number of carbonyl (C=O) groups excluding carboxylic acids is 2. The number of aromatic nitrogens is 1. The third kappa shape index (κ3) is 5.44. The molecule has 168 valence electrons. The third-order valence-corrected chi connectivity index (χ3v) is 5.21. The van der Waals surface area contributed by atoms with E-state index in [4.69, 9.17) is 14.2 Å². The highest BCUT2D eigenvalue weighted by atomic mass is 16.5. The molecule has 32 heavy (non-hydrogen) atoms. The summed E-state index contributed by atoms with van der Waals surface area (Å²) in [7, 11) is 1.62. The summed E-state index contributed by atoms with van der Waals surface area (Å²) in [4.78, 5) is 28.4. The molecular weight excluding hydrogens is 406 g/mol. The number of pyridine rings is 1. The molecule has 0 saturated heterocycles. The van der Waals surface area contributed by atoms with Crippen molar-refractivity contribution >= 4 is 22.5 Å². The maximum absolute atomic E-state index is 11.9. The van der Waals surface area contributed by atoms with Crippen LogP contribution in [-0.4, -0.2) is 29.8 Å². The van der Waals surface area contributed by atoms with Gasteiger partial charge in [0.15, 0.2) is 0 Å². The molecule has 3 rings (SSSR count). The highest BCUT2D eigenvalue weighted by Crippen LogP contribution is 2.33. The molecule has 0 aliphatic rings. The average Bonchev–Trinajstić information content (AvgIpc) is 2.76. The number of nitrogens with zero attached hydrogens (tertiary/aromatic N) is 1. The number of fused-ring (bicyclic) bond motifs is 1. The zero-order valence-electron chi connectivity index (χ0n) is 19.2. The van der Waals surface area contributed by atoms with Crippen molar-refractivity contribution in [1.82, 2.24) is 4.98 Å². The standard InChI is InChI=1S/C26H29NO5/c1-16(2)32-26-20(14-27-24-11-10-21(30-5)13-23(24)26)15-31-25-9-7-6-8-19(25)12-22(17(3)28)18(4)29/h6-11,13-14,16,22H,12,15H2,1-5H3. The van der Waals surface area contributed by atoms with E-state index in [1.807, 2.05) is 56.3 Å². The predicted molar refractivity (Wildman–Crippen MR) is 123 cm³/mol. The molecule has 0 aliphatic carbocycles. The summed E-state index contributed by atoms with van der Waals surface area (Å²) >= 11 is 0. The van der Waals surface area contributed by atoms with Gasteiger partial charge >= 0.3 is 0 Å². The zero-order valence-corrected chi connectivity index (χ0v) is 19.2. The van der Waals surface area contributed by atoms with Gasteiger partial charge in [0, 0.05) is 11.6 Å². The lowest BCUT2D eigenvalue weighted by Gasteiger charge is -2.19. The average molecular weight is 436 g/mol. The highest BCUT2D eigenvalue weighted by Gasteiger charge is 2.22. The topological polar surface area (TPSA) is 74.7 Å². The van der Waals surface area contributed by atoms with Gasteiger partial charge < -0.3 is 14.2 Å². The fourth-order valence-electron chi connectivity index (χ4n) is 3.56. The summed E-state index contributed by atoms with van der Waals surface area (Å²) < 4.78 is 17.6. The van der Waals surface area contributed by atoms with E-state index in [9.17, 15) is 9.59 Å². The van der Waals surface area contributed by atoms with Crippen molar-refractivity contribution in [2.45, 2.75) is 46.8 Å². The number of ether oxygens (including phenoxy) is 3. The van der Waals surface area contributed by atoms with Gasteiger partial charge in [-0.1, -0.05) is 18.2 Å². The van der Waals surface area contributed by atoms with Crippen molar-refractivity contribution in [3.63, 3.8) is 0 Å². The molecule has 0 spiro atoms. The van der Waals surface area contributed by atoms with Gasteiger partial charge in [-0.05, 0) is 63.9 Å². The van der Waals surface area contributed by atoms with Gasteiger partial charge in [-0.2, -0.15) is 0 Å². The van der Waals surface area contributed by atoms with Crippen molar-refractivity contribution in [3.8, 4) is 17.2 Å². The molecule has 0 amide bonds. The largest absolute Gasteiger partial charge is 0.497 e. The van der Waals surface area contributed by atoms with Crippen molar-refractivity contribution < 1.29 is 23.8 Å². The Bertz CT molecular complexity index is 1110. The molecule has 3 aromatic rings. The second kappa shape index (κ2) is 10.3. The Balaban J connectivity index is 1.92. The van der Waals surface area contributed by atoms with Crippen molar-refractivity contribution in [1.29, 1.82) is 0 Å². The first-order valence-electron chi connectivity index (χ1n) is 10.6. The Morgan fingerprint density at radius 2 is 1.72 bits per heavy atom. The summed E-state index contributed by atoms with van der Waals surface area (Å²) in [5.41, 5.74) is 2.41. The van der Waals surface area contributed by atoms with Crippen molar-refractivity contribution in [2.75, 3.05) is 7.11 Å². The van der Waals surface area contributed by atoms with Gasteiger partial charge in [-0.25, -0.2) is 0 Å². The molecular formula is C26H29NO5. The van der Waals surface area contributed by atoms with E-state index in [1.165, 1.54) is 13.8 Å². The fraction of sp³-hybridized carbons (Fsp3) is 0.346. The van der Waals surface area contributed by atoms with Crippen molar-refractivity contribution in [2.24, 2.45) is 5.92 Å². The molecule has 0 unspecified atom stereocenters. The Morgan fingerprint density at radius 3 is 2.38 bits per heavy atom. The fourth-order valence-corrected chi connectivity index (χ4v) is 3.56. The van der Waals surface area contributed by atoms with Crippen LogP contribution in [0.5, 0.6) is 17.2 Å². The van der Waals surface area contributed by atoms with E-state index >= 15 is 0 Å². The van der Waals surface area contributed by atoms with Crippen LogP contribution in [0, 0.1) is 5.92 Å². The van der Waals surface area contributed by atoms with Crippen LogP contribution in [0.15, 0.2) is 48.7 Å². The van der Waals surface area contributed by atoms with Crippen LogP contribution >= 0.6 is 0 Å². The summed E-state index contributed by atoms with van der Waals surface area (Å²) in [6, 6.07) is 13.1. The predicted octanol–water partition coefficient (Wildman–Crippen LogP) is 4.95. The maximum atomic E-state index is 11.9. The lowest BCUT2D eigenvalue weighted by molar-refractivity contribution is -0.130. The molecule has 0 fully saturated rings. The Labute approximate surface area is 188 Å². The Morgan fingerprint density at radius 1 is 1.00 bits per heavy atom. The van der Waals surface area contributed by atoms with E-state index in [-0.39, 0.29) is 24.3 Å². The number of benzene rings is 2. The van der Waals surface area contributed by atoms with E-state index < -0.39 is 5.92 Å². The first-order valence-corrected chi connectivity index (χ1v) is 10.6. The molecule has 0 saturated carbocycles. The van der Waals surface area contributed by atoms with Crippen LogP contribution in [0.25, 0.3) is 10.9 Å². The lowest BCUT2D eigenvalue weighted by Crippen LogP contribution is -2.22. The summed E-state index contributed by atoms with van der Waals surface area (Å²) in [6.07, 6.45) is 2.02. The normalized spacial score (nSPS) is 11.1. The molecule has 0 bridgehead atoms. The van der Waals surface area contributed by atoms with E-state index in [2.05, 4.69) is 4.98 Å². The monoisotopic (exact) mass is 435 g/mol. The number of ketones is 2. The van der Waals surface area contributed by atoms with E-state index in [1.54, 1.807) is 13.3 Å². The molecule has 1 aromatic heterocycles. The minimum Gasteiger partial charge on any atom is -0.497 e. The summed E-state index contributed by atoms with van der Waals surface area (Å²) in [5.74, 6) is 1.08. The van der Waals surface area contributed by atoms with Gasteiger partial charge in [0.25, 0.3) is 0 Å². The van der Waals surface area contributed by atoms with E-state index in [0.717, 1.165) is 27.8 Å². The number of methoxy groups -OCH3 is 1. The first kappa shape index (κ1) is 23.3. The SMILES string of the molecule is COc1ccc2ncc(COc3ccccc3CC(C(C)=O)C(C)=O)c(OC(C)C)c2c1. The van der Waals surface area contributed by atoms with Gasteiger partial charge in [-0.15, -0.1) is 0 Å². The maximum Gasteiger partial charge on any atom is 0.140 e. The number of hydrogen-bond acceptors (Lipinski definition) is 6. The number of para-hydroxylation sites is 1. The molecule has 6 nitrogen and oxygen atoms in total. The second-order valence-corrected chi connectivity index (χ2v) is 8.04. The smallest absolute Gasteiger partial charge is 0.140 e. The number of rotatable bonds is 10. The summed E-state index contributed by atoms with van der Waals surface area (Å²) in [5, 5.41) is 0.848. The molecule has 2 aromatic carbocycles. The number of Topliss-reactive ketones (excluding diaryl/α,β-unsaturated/α-hetero) is 2. The molecule has 0 radical (unpaired) electrons. The van der Waals surface area contributed by atoms with E-state index in [0.29, 0.717) is 17.9 Å². The third-order valence-electron chi connectivity index (χ3n) is 5.21. The van der Waals surface area contributed by atoms with Gasteiger partial charge in [0.1, 0.15) is 35.4 Å². The Hall–Kier alpha value is -3.41. The lowest BCUT2D eigenvalue weighted by atomic mass is 9.92. The van der Waals surface area contributed by atoms with Crippen LogP contribution in [-0.2, 0) is 22.6 Å². The Kier molecular flexibility index (Phi) is 7.46. The zero-order chi connectivity index (χ0) is 23.3. The van der Waals surface area contributed by atoms with Crippen LogP contribution in [0.2, 0.25) is 0 Å². The van der Waals surface area contributed by atoms with Gasteiger partial charge in [-0.3, -0.25) is 14.6 Å². The first-order chi connectivity index (χ1) is 15.3. The van der Waals surface area contributed by atoms with Gasteiger partial charge in [0.05, 0.1) is 30.2 Å². The summed E-state index contributed by atoms with van der Waals surface area (Å²) in [6.45, 7) is 7.05. The molecule has 0 aliphatic heterocycles. The molecule has 1 heterocycles. The molecule has 6 heteroatoms. The van der Waals surface area contributed by atoms with Crippen molar-refractivity contribution in [3.05, 3.63) is 59.8 Å². The quantitative estimate of drug-likeness (QED) is 0.420. The minimum absolute atomic E-state index is 0.0373. The van der Waals surface area contributed by atoms with Crippen LogP contribution in [0.3, 0.4) is 0 Å². The van der Waals surface area contributed by atoms with Crippen LogP contribution < -0.4 is 14.2 Å². The number of hydrogen-bond donors (Lipinski definition) is 0. The minimum atomic E-state index is -0.672. The second-order valence-electron chi connectivity index (χ2n) is 8.04. The number of carbonyl (C=O) groups is 2. The van der Waals surface area contributed by atoms with Gasteiger partial charge in [0.2, 0.25) is 0 Å². The highest BCUT2D eigenvalue weighted by molar-refractivity contribution is 6.00. The van der Waals surface area contributed by atoms with Crippen LogP contribution in [0.4, 0.5) is 0 Å². The molecule has 0 atom stereocenters. The molecule has 0 N–H and O–H groups in total. The van der Waals surface area contributed by atoms with Crippen LogP contribution in [0.1, 0.15) is 38.8 Å².